The molecule has 2 rings (SSSR count). The molecule has 5 nitrogen and oxygen atoms in total. The molecule has 2 atom stereocenters. The average Bonchev–Trinajstić information content (AvgIpc) is 2.87. The Morgan fingerprint density at radius 2 is 2.00 bits per heavy atom. The Hall–Kier alpha value is -2.18. The van der Waals surface area contributed by atoms with Crippen molar-refractivity contribution in [3.63, 3.8) is 0 Å². The van der Waals surface area contributed by atoms with Crippen LogP contribution in [-0.4, -0.2) is 41.1 Å². The van der Waals surface area contributed by atoms with Crippen molar-refractivity contribution in [2.24, 2.45) is 5.92 Å². The van der Waals surface area contributed by atoms with Crippen LogP contribution < -0.4 is 4.74 Å². The molecule has 1 fully saturated rings. The van der Waals surface area contributed by atoms with Crippen molar-refractivity contribution in [2.45, 2.75) is 38.8 Å². The van der Waals surface area contributed by atoms with Crippen molar-refractivity contribution >= 4 is 11.9 Å². The van der Waals surface area contributed by atoms with E-state index < -0.39 is 18.5 Å². The number of hydrogen-bond donors (Lipinski definition) is 1. The second-order valence-electron chi connectivity index (χ2n) is 5.58. The molecule has 1 saturated heterocycles. The topological polar surface area (TPSA) is 66.8 Å². The first-order chi connectivity index (χ1) is 10.9. The zero-order valence-electron chi connectivity index (χ0n) is 12.7. The number of aryl methyl sites for hydroxylation is 1. The molecule has 0 spiro atoms. The van der Waals surface area contributed by atoms with Crippen LogP contribution in [-0.2, 0) is 16.0 Å². The summed E-state index contributed by atoms with van der Waals surface area (Å²) in [5.41, 5.74) is 0.835. The van der Waals surface area contributed by atoms with Gasteiger partial charge in [0.2, 0.25) is 5.91 Å². The molecule has 2 unspecified atom stereocenters. The maximum atomic E-state index is 12.2. The number of hydrogen-bond acceptors (Lipinski definition) is 3. The molecular formula is C16H19F2NO4. The summed E-state index contributed by atoms with van der Waals surface area (Å²) < 4.78 is 28.4. The van der Waals surface area contributed by atoms with Crippen LogP contribution in [0, 0.1) is 5.92 Å². The van der Waals surface area contributed by atoms with Gasteiger partial charge in [0.05, 0.1) is 5.92 Å². The Kier molecular flexibility index (Phi) is 5.52. The maximum Gasteiger partial charge on any atom is 0.387 e. The van der Waals surface area contributed by atoms with Crippen molar-refractivity contribution in [1.29, 1.82) is 0 Å². The first-order valence-electron chi connectivity index (χ1n) is 7.44. The summed E-state index contributed by atoms with van der Waals surface area (Å²) in [5.74, 6) is -1.39. The lowest BCUT2D eigenvalue weighted by atomic mass is 10.0. The molecule has 0 bridgehead atoms. The monoisotopic (exact) mass is 327 g/mol. The molecule has 0 aromatic heterocycles. The molecule has 1 aliphatic rings. The first kappa shape index (κ1) is 17.2. The lowest BCUT2D eigenvalue weighted by Gasteiger charge is -2.23. The van der Waals surface area contributed by atoms with Gasteiger partial charge in [-0.1, -0.05) is 12.1 Å². The molecule has 7 heteroatoms. The van der Waals surface area contributed by atoms with Crippen molar-refractivity contribution in [3.8, 4) is 5.75 Å². The van der Waals surface area contributed by atoms with Crippen LogP contribution in [0.25, 0.3) is 0 Å². The molecule has 1 N–H and O–H groups in total. The largest absolute Gasteiger partial charge is 0.481 e. The van der Waals surface area contributed by atoms with Gasteiger partial charge in [-0.05, 0) is 37.5 Å². The van der Waals surface area contributed by atoms with Crippen LogP contribution in [0.3, 0.4) is 0 Å². The molecule has 0 saturated carbocycles. The van der Waals surface area contributed by atoms with Crippen molar-refractivity contribution in [2.75, 3.05) is 6.54 Å². The Bertz CT molecular complexity index is 562. The van der Waals surface area contributed by atoms with E-state index in [1.54, 1.807) is 24.0 Å². The van der Waals surface area contributed by atoms with Crippen LogP contribution in [0.1, 0.15) is 25.3 Å². The van der Waals surface area contributed by atoms with Crippen LogP contribution in [0.5, 0.6) is 5.75 Å². The van der Waals surface area contributed by atoms with Gasteiger partial charge in [-0.3, -0.25) is 9.59 Å². The van der Waals surface area contributed by atoms with Crippen LogP contribution in [0.15, 0.2) is 24.3 Å². The maximum absolute atomic E-state index is 12.2. The van der Waals surface area contributed by atoms with E-state index in [-0.39, 0.29) is 24.1 Å². The number of carbonyl (C=O) groups is 2. The van der Waals surface area contributed by atoms with Crippen LogP contribution in [0.2, 0.25) is 0 Å². The normalized spacial score (nSPS) is 20.8. The van der Waals surface area contributed by atoms with Gasteiger partial charge in [-0.2, -0.15) is 8.78 Å². The predicted molar refractivity (Wildman–Crippen MR) is 78.3 cm³/mol. The minimum atomic E-state index is -2.86. The number of carboxylic acid groups (broad SMARTS) is 1. The lowest BCUT2D eigenvalue weighted by Crippen LogP contribution is -2.37. The van der Waals surface area contributed by atoms with E-state index in [1.165, 1.54) is 12.1 Å². The molecule has 1 aromatic rings. The molecule has 126 valence electrons. The smallest absolute Gasteiger partial charge is 0.387 e. The van der Waals surface area contributed by atoms with E-state index >= 15 is 0 Å². The first-order valence-corrected chi connectivity index (χ1v) is 7.44. The number of amides is 1. The highest BCUT2D eigenvalue weighted by atomic mass is 19.3. The van der Waals surface area contributed by atoms with Gasteiger partial charge >= 0.3 is 12.6 Å². The van der Waals surface area contributed by atoms with Crippen molar-refractivity contribution < 1.29 is 28.2 Å². The third kappa shape index (κ3) is 4.40. The fourth-order valence-corrected chi connectivity index (χ4v) is 2.85. The molecule has 23 heavy (non-hydrogen) atoms. The number of rotatable bonds is 6. The van der Waals surface area contributed by atoms with Gasteiger partial charge in [0.15, 0.2) is 0 Å². The highest BCUT2D eigenvalue weighted by Crippen LogP contribution is 2.25. The van der Waals surface area contributed by atoms with Gasteiger partial charge in [-0.25, -0.2) is 0 Å². The van der Waals surface area contributed by atoms with Gasteiger partial charge in [-0.15, -0.1) is 0 Å². The number of carbonyl (C=O) groups excluding carboxylic acids is 1. The molecule has 1 amide bonds. The number of aliphatic carboxylic acids is 1. The number of ether oxygens (including phenoxy) is 1. The average molecular weight is 327 g/mol. The zero-order chi connectivity index (χ0) is 17.0. The lowest BCUT2D eigenvalue weighted by molar-refractivity contribution is -0.143. The summed E-state index contributed by atoms with van der Waals surface area (Å²) in [7, 11) is 0. The second-order valence-corrected chi connectivity index (χ2v) is 5.58. The SMILES string of the molecule is CC1C(C(=O)O)CCN1C(=O)CCc1ccc(OC(F)F)cc1. The number of likely N-dealkylation sites (tertiary alicyclic amines) is 1. The summed E-state index contributed by atoms with van der Waals surface area (Å²) in [4.78, 5) is 24.9. The predicted octanol–water partition coefficient (Wildman–Crippen LogP) is 2.54. The number of nitrogens with zero attached hydrogens (tertiary/aromatic N) is 1. The molecule has 0 aliphatic carbocycles. The highest BCUT2D eigenvalue weighted by molar-refractivity contribution is 5.79. The minimum Gasteiger partial charge on any atom is -0.481 e. The van der Waals surface area contributed by atoms with E-state index in [4.69, 9.17) is 5.11 Å². The highest BCUT2D eigenvalue weighted by Gasteiger charge is 2.37. The number of benzene rings is 1. The number of carboxylic acids is 1. The Morgan fingerprint density at radius 3 is 2.52 bits per heavy atom. The summed E-state index contributed by atoms with van der Waals surface area (Å²) in [6, 6.07) is 5.84. The van der Waals surface area contributed by atoms with E-state index in [9.17, 15) is 18.4 Å². The van der Waals surface area contributed by atoms with E-state index in [1.807, 2.05) is 0 Å². The molecule has 1 aromatic carbocycles. The fourth-order valence-electron chi connectivity index (χ4n) is 2.85. The van der Waals surface area contributed by atoms with Gasteiger partial charge in [0.25, 0.3) is 0 Å². The molecule has 1 aliphatic heterocycles. The van der Waals surface area contributed by atoms with Gasteiger partial charge in [0.1, 0.15) is 5.75 Å². The van der Waals surface area contributed by atoms with E-state index in [0.717, 1.165) is 5.56 Å². The Morgan fingerprint density at radius 1 is 1.35 bits per heavy atom. The van der Waals surface area contributed by atoms with Crippen LogP contribution in [0.4, 0.5) is 8.78 Å². The molecule has 0 radical (unpaired) electrons. The Labute approximate surface area is 132 Å². The van der Waals surface area contributed by atoms with E-state index in [0.29, 0.717) is 19.4 Å². The fraction of sp³-hybridized carbons (Fsp3) is 0.500. The third-order valence-electron chi connectivity index (χ3n) is 4.17. The molecule has 1 heterocycles. The third-order valence-corrected chi connectivity index (χ3v) is 4.17. The van der Waals surface area contributed by atoms with Gasteiger partial charge in [0, 0.05) is 19.0 Å². The number of halogens is 2. The van der Waals surface area contributed by atoms with Crippen LogP contribution >= 0.6 is 0 Å². The zero-order valence-corrected chi connectivity index (χ0v) is 12.7. The minimum absolute atomic E-state index is 0.0764. The van der Waals surface area contributed by atoms with Gasteiger partial charge < -0.3 is 14.7 Å². The summed E-state index contributed by atoms with van der Waals surface area (Å²) >= 11 is 0. The van der Waals surface area contributed by atoms with Crippen molar-refractivity contribution in [3.05, 3.63) is 29.8 Å². The second kappa shape index (κ2) is 7.39. The molecular weight excluding hydrogens is 308 g/mol. The summed E-state index contributed by atoms with van der Waals surface area (Å²) in [6.07, 6.45) is 1.20. The van der Waals surface area contributed by atoms with Crippen molar-refractivity contribution in [1.82, 2.24) is 4.90 Å². The van der Waals surface area contributed by atoms with E-state index in [2.05, 4.69) is 4.74 Å². The summed E-state index contributed by atoms with van der Waals surface area (Å²) in [6.45, 7) is -0.653. The summed E-state index contributed by atoms with van der Waals surface area (Å²) in [5, 5.41) is 9.08. The Balaban J connectivity index is 1.86. The standard InChI is InChI=1S/C16H19F2NO4/c1-10-13(15(21)22)8-9-19(10)14(20)7-4-11-2-5-12(6-3-11)23-16(17)18/h2-3,5-6,10,13,16H,4,7-9H2,1H3,(H,21,22). The number of alkyl halides is 2. The quantitative estimate of drug-likeness (QED) is 0.872.